The summed E-state index contributed by atoms with van der Waals surface area (Å²) in [5.74, 6) is -1.09. The Labute approximate surface area is 238 Å². The highest BCUT2D eigenvalue weighted by Crippen LogP contribution is 2.44. The molecule has 11 heteroatoms. The van der Waals surface area contributed by atoms with Crippen LogP contribution in [-0.4, -0.2) is 77.0 Å². The standard InChI is InChI=1S/C30H40F4N4O3/c1-36-26(30(32,33)34)25(27(35-36)41-2)20-9-13-37(14-10-20)16-22-17-38(18-24(22)21-7-6-8-23(31)15-21)19-29(28(39)40)11-4-3-5-12-29/h6-8,15,20,22,24H,3-5,9-14,16-19H2,1-2H3,(H,39,40). The van der Waals surface area contributed by atoms with Gasteiger partial charge in [0.2, 0.25) is 5.88 Å². The van der Waals surface area contributed by atoms with Crippen LogP contribution in [0.5, 0.6) is 5.88 Å². The molecule has 1 aliphatic carbocycles. The minimum absolute atomic E-state index is 0.0333. The van der Waals surface area contributed by atoms with Gasteiger partial charge >= 0.3 is 12.1 Å². The summed E-state index contributed by atoms with van der Waals surface area (Å²) in [4.78, 5) is 16.9. The predicted octanol–water partition coefficient (Wildman–Crippen LogP) is 5.52. The van der Waals surface area contributed by atoms with Crippen LogP contribution in [0.25, 0.3) is 0 Å². The quantitative estimate of drug-likeness (QED) is 0.415. The molecule has 226 valence electrons. The zero-order chi connectivity index (χ0) is 29.4. The lowest BCUT2D eigenvalue weighted by atomic mass is 9.73. The molecule has 41 heavy (non-hydrogen) atoms. The number of nitrogens with zero attached hydrogens (tertiary/aromatic N) is 4. The molecule has 3 fully saturated rings. The molecule has 3 heterocycles. The fraction of sp³-hybridized carbons (Fsp3) is 0.667. The third-order valence-electron chi connectivity index (χ3n) is 9.58. The van der Waals surface area contributed by atoms with Gasteiger partial charge in [-0.3, -0.25) is 9.48 Å². The molecule has 2 atom stereocenters. The molecule has 2 aliphatic heterocycles. The van der Waals surface area contributed by atoms with Crippen LogP contribution in [0.4, 0.5) is 17.6 Å². The summed E-state index contributed by atoms with van der Waals surface area (Å²) in [6.07, 6.45) is 0.839. The van der Waals surface area contributed by atoms with E-state index in [0.717, 1.165) is 36.1 Å². The first-order chi connectivity index (χ1) is 19.5. The van der Waals surface area contributed by atoms with Gasteiger partial charge in [0.25, 0.3) is 0 Å². The molecule has 5 rings (SSSR count). The summed E-state index contributed by atoms with van der Waals surface area (Å²) in [7, 11) is 2.64. The largest absolute Gasteiger partial charge is 0.481 e. The van der Waals surface area contributed by atoms with Gasteiger partial charge in [-0.05, 0) is 68.3 Å². The Morgan fingerprint density at radius 2 is 1.83 bits per heavy atom. The summed E-state index contributed by atoms with van der Waals surface area (Å²) in [6, 6.07) is 6.67. The van der Waals surface area contributed by atoms with E-state index in [0.29, 0.717) is 58.4 Å². The normalized spacial score (nSPS) is 24.5. The number of likely N-dealkylation sites (tertiary alicyclic amines) is 2. The van der Waals surface area contributed by atoms with Crippen molar-refractivity contribution in [1.82, 2.24) is 19.6 Å². The van der Waals surface area contributed by atoms with E-state index in [1.807, 2.05) is 6.07 Å². The molecule has 2 saturated heterocycles. The molecule has 0 radical (unpaired) electrons. The topological polar surface area (TPSA) is 70.8 Å². The molecule has 0 amide bonds. The number of rotatable bonds is 8. The third kappa shape index (κ3) is 6.26. The van der Waals surface area contributed by atoms with Crippen LogP contribution in [0, 0.1) is 17.2 Å². The van der Waals surface area contributed by atoms with Crippen LogP contribution >= 0.6 is 0 Å². The van der Waals surface area contributed by atoms with Gasteiger partial charge in [0.15, 0.2) is 0 Å². The van der Waals surface area contributed by atoms with Gasteiger partial charge in [0, 0.05) is 44.7 Å². The molecule has 2 unspecified atom stereocenters. The number of carboxylic acid groups (broad SMARTS) is 1. The molecule has 3 aliphatic rings. The number of aliphatic carboxylic acids is 1. The smallest absolute Gasteiger partial charge is 0.433 e. The van der Waals surface area contributed by atoms with Crippen molar-refractivity contribution in [1.29, 1.82) is 0 Å². The molecule has 2 aromatic rings. The number of methoxy groups -OCH3 is 1. The van der Waals surface area contributed by atoms with Gasteiger partial charge in [0.1, 0.15) is 11.5 Å². The third-order valence-corrected chi connectivity index (χ3v) is 9.58. The summed E-state index contributed by atoms with van der Waals surface area (Å²) in [5, 5.41) is 14.1. The first kappa shape index (κ1) is 29.8. The highest BCUT2D eigenvalue weighted by atomic mass is 19.4. The van der Waals surface area contributed by atoms with Crippen molar-refractivity contribution in [2.24, 2.45) is 18.4 Å². The minimum Gasteiger partial charge on any atom is -0.481 e. The second-order valence-corrected chi connectivity index (χ2v) is 12.2. The second kappa shape index (κ2) is 11.9. The highest BCUT2D eigenvalue weighted by Gasteiger charge is 2.45. The van der Waals surface area contributed by atoms with E-state index >= 15 is 0 Å². The zero-order valence-corrected chi connectivity index (χ0v) is 23.8. The number of alkyl halides is 3. The van der Waals surface area contributed by atoms with Crippen molar-refractivity contribution in [3.63, 3.8) is 0 Å². The summed E-state index contributed by atoms with van der Waals surface area (Å²) < 4.78 is 62.0. The van der Waals surface area contributed by atoms with Crippen LogP contribution in [0.2, 0.25) is 0 Å². The molecule has 1 aromatic heterocycles. The zero-order valence-electron chi connectivity index (χ0n) is 23.8. The van der Waals surface area contributed by atoms with Gasteiger partial charge in [0.05, 0.1) is 12.5 Å². The van der Waals surface area contributed by atoms with E-state index in [1.54, 1.807) is 12.1 Å². The highest BCUT2D eigenvalue weighted by molar-refractivity contribution is 5.75. The number of hydrogen-bond donors (Lipinski definition) is 1. The summed E-state index contributed by atoms with van der Waals surface area (Å²) >= 11 is 0. The van der Waals surface area contributed by atoms with Crippen LogP contribution in [0.15, 0.2) is 24.3 Å². The molecule has 1 N–H and O–H groups in total. The maximum absolute atomic E-state index is 14.2. The fourth-order valence-corrected chi connectivity index (χ4v) is 7.59. The number of benzene rings is 1. The van der Waals surface area contributed by atoms with E-state index in [1.165, 1.54) is 20.2 Å². The van der Waals surface area contributed by atoms with E-state index in [4.69, 9.17) is 4.74 Å². The number of carbonyl (C=O) groups is 1. The Balaban J connectivity index is 1.30. The van der Waals surface area contributed by atoms with Crippen LogP contribution in [0.3, 0.4) is 0 Å². The number of aryl methyl sites for hydroxylation is 1. The SMILES string of the molecule is COc1nn(C)c(C(F)(F)F)c1C1CCN(CC2CN(CC3(C(=O)O)CCCCC3)CC2c2cccc(F)c2)CC1. The Hall–Kier alpha value is -2.66. The maximum Gasteiger partial charge on any atom is 0.433 e. The van der Waals surface area contributed by atoms with Gasteiger partial charge in [-0.1, -0.05) is 31.4 Å². The van der Waals surface area contributed by atoms with Crippen LogP contribution < -0.4 is 4.74 Å². The minimum atomic E-state index is -4.53. The van der Waals surface area contributed by atoms with Crippen molar-refractivity contribution in [2.75, 3.05) is 46.4 Å². The van der Waals surface area contributed by atoms with Gasteiger partial charge in [-0.2, -0.15) is 13.2 Å². The Morgan fingerprint density at radius 1 is 1.12 bits per heavy atom. The monoisotopic (exact) mass is 580 g/mol. The van der Waals surface area contributed by atoms with Gasteiger partial charge in [-0.25, -0.2) is 4.39 Å². The fourth-order valence-electron chi connectivity index (χ4n) is 7.59. The number of hydrogen-bond acceptors (Lipinski definition) is 5. The van der Waals surface area contributed by atoms with E-state index < -0.39 is 23.3 Å². The molecule has 7 nitrogen and oxygen atoms in total. The molecular formula is C30H40F4N4O3. The molecule has 1 aromatic carbocycles. The van der Waals surface area contributed by atoms with E-state index in [-0.39, 0.29) is 35.0 Å². The lowest BCUT2D eigenvalue weighted by Crippen LogP contribution is -2.44. The van der Waals surface area contributed by atoms with E-state index in [2.05, 4.69) is 14.9 Å². The van der Waals surface area contributed by atoms with Crippen molar-refractivity contribution in [2.45, 2.75) is 63.0 Å². The Bertz CT molecular complexity index is 1220. The molecular weight excluding hydrogens is 540 g/mol. The van der Waals surface area contributed by atoms with Crippen molar-refractivity contribution in [3.8, 4) is 5.88 Å². The molecule has 1 saturated carbocycles. The van der Waals surface area contributed by atoms with Gasteiger partial charge < -0.3 is 19.6 Å². The molecule has 0 spiro atoms. The van der Waals surface area contributed by atoms with Crippen LogP contribution in [0.1, 0.15) is 73.6 Å². The summed E-state index contributed by atoms with van der Waals surface area (Å²) in [5.41, 5.74) is -0.439. The average Bonchev–Trinajstić information content (AvgIpc) is 3.49. The number of ether oxygens (including phenoxy) is 1. The van der Waals surface area contributed by atoms with Crippen molar-refractivity contribution < 1.29 is 32.2 Å². The van der Waals surface area contributed by atoms with Gasteiger partial charge in [-0.15, -0.1) is 5.10 Å². The Kier molecular flexibility index (Phi) is 8.66. The second-order valence-electron chi connectivity index (χ2n) is 12.2. The summed E-state index contributed by atoms with van der Waals surface area (Å²) in [6.45, 7) is 3.86. The van der Waals surface area contributed by atoms with Crippen LogP contribution in [-0.2, 0) is 18.0 Å². The average molecular weight is 581 g/mol. The maximum atomic E-state index is 14.2. The lowest BCUT2D eigenvalue weighted by molar-refractivity contribution is -0.152. The Morgan fingerprint density at radius 3 is 2.44 bits per heavy atom. The van der Waals surface area contributed by atoms with E-state index in [9.17, 15) is 27.5 Å². The first-order valence-electron chi connectivity index (χ1n) is 14.6. The number of halogens is 4. The number of carboxylic acids is 1. The predicted molar refractivity (Wildman–Crippen MR) is 145 cm³/mol. The first-order valence-corrected chi connectivity index (χ1v) is 14.6. The lowest BCUT2D eigenvalue weighted by Gasteiger charge is -2.37. The van der Waals surface area contributed by atoms with Crippen molar-refractivity contribution in [3.05, 3.63) is 46.9 Å². The number of piperidine rings is 1. The van der Waals surface area contributed by atoms with Crippen molar-refractivity contribution >= 4 is 5.97 Å². The molecule has 0 bridgehead atoms. The number of aromatic nitrogens is 2.